The molecular formula is C46H53F3N10O6S2. The Balaban J connectivity index is 0.000000201. The molecule has 1 saturated heterocycles. The zero-order valence-electron chi connectivity index (χ0n) is 37.1. The number of nitrogens with zero attached hydrogens (tertiary/aromatic N) is 5. The molecule has 4 aliphatic rings. The van der Waals surface area contributed by atoms with Gasteiger partial charge in [0.25, 0.3) is 0 Å². The smallest absolute Gasteiger partial charge is 0.354 e. The molecule has 4 heterocycles. The van der Waals surface area contributed by atoms with Crippen molar-refractivity contribution in [3.63, 3.8) is 0 Å². The van der Waals surface area contributed by atoms with E-state index < -0.39 is 37.9 Å². The van der Waals surface area contributed by atoms with E-state index in [1.165, 1.54) is 59.3 Å². The molecule has 0 unspecified atom stereocenters. The Labute approximate surface area is 388 Å². The summed E-state index contributed by atoms with van der Waals surface area (Å²) in [7, 11) is -7.43. The van der Waals surface area contributed by atoms with Gasteiger partial charge >= 0.3 is 18.2 Å². The third-order valence-corrected chi connectivity index (χ3v) is 16.2. The number of fused-ring (bicyclic) bond motifs is 2. The van der Waals surface area contributed by atoms with E-state index in [2.05, 4.69) is 61.7 Å². The van der Waals surface area contributed by atoms with Gasteiger partial charge in [-0.1, -0.05) is 39.0 Å². The molecule has 9 rings (SSSR count). The van der Waals surface area contributed by atoms with Crippen LogP contribution < -0.4 is 30.9 Å². The van der Waals surface area contributed by atoms with Crippen molar-refractivity contribution < 1.29 is 39.6 Å². The topological polar surface area (TPSA) is 208 Å². The molecule has 356 valence electrons. The summed E-state index contributed by atoms with van der Waals surface area (Å²) in [5, 5.41) is 10.8. The Bertz CT molecular complexity index is 2710. The first kappa shape index (κ1) is 48.8. The molecule has 2 aromatic carbocycles. The minimum Gasteiger partial charge on any atom is -0.354 e. The van der Waals surface area contributed by atoms with E-state index in [4.69, 9.17) is 0 Å². The number of anilines is 3. The molecule has 3 aromatic heterocycles. The van der Waals surface area contributed by atoms with Crippen LogP contribution in [0.4, 0.5) is 40.0 Å². The van der Waals surface area contributed by atoms with Crippen LogP contribution in [0.1, 0.15) is 50.4 Å². The van der Waals surface area contributed by atoms with Gasteiger partial charge in [-0.2, -0.15) is 17.5 Å². The van der Waals surface area contributed by atoms with Crippen molar-refractivity contribution in [2.45, 2.75) is 68.7 Å². The molecule has 0 spiro atoms. The highest BCUT2D eigenvalue weighted by atomic mass is 32.2. The SMILES string of the molecule is C[C@@H]1[C@H]2C[C@@H](C[C@H]1NS(=O)(=O)c1ccc(NC(=O)NCc3cccnc3)cc1)C2(C)C.O=C(NCc1cccnc1)Nc1ccc(S(=O)(=O)N2CCN(c3cccc(C(F)(F)F)n3)CC2)cc1. The van der Waals surface area contributed by atoms with E-state index in [1.54, 1.807) is 54.0 Å². The van der Waals surface area contributed by atoms with Crippen molar-refractivity contribution in [2.75, 3.05) is 41.7 Å². The van der Waals surface area contributed by atoms with E-state index in [1.807, 2.05) is 12.1 Å². The molecule has 0 radical (unpaired) electrons. The molecule has 3 aliphatic carbocycles. The summed E-state index contributed by atoms with van der Waals surface area (Å²) >= 11 is 0. The van der Waals surface area contributed by atoms with Crippen LogP contribution in [-0.2, 0) is 39.3 Å². The molecule has 2 bridgehead atoms. The van der Waals surface area contributed by atoms with Crippen LogP contribution in [0.5, 0.6) is 0 Å². The van der Waals surface area contributed by atoms with E-state index in [-0.39, 0.29) is 60.4 Å². The van der Waals surface area contributed by atoms with Crippen LogP contribution in [0.15, 0.2) is 126 Å². The van der Waals surface area contributed by atoms with Gasteiger partial charge < -0.3 is 26.2 Å². The number of amides is 4. The fraction of sp³-hybridized carbons (Fsp3) is 0.370. The number of sulfonamides is 2. The van der Waals surface area contributed by atoms with Gasteiger partial charge in [-0.15, -0.1) is 0 Å². The Hall–Kier alpha value is -6.16. The molecule has 5 N–H and O–H groups in total. The van der Waals surface area contributed by atoms with Crippen LogP contribution >= 0.6 is 0 Å². The van der Waals surface area contributed by atoms with Crippen molar-refractivity contribution >= 4 is 49.3 Å². The van der Waals surface area contributed by atoms with Gasteiger partial charge in [0.15, 0.2) is 0 Å². The second-order valence-electron chi connectivity index (χ2n) is 17.3. The molecule has 4 fully saturated rings. The monoisotopic (exact) mass is 962 g/mol. The average molecular weight is 963 g/mol. The predicted molar refractivity (Wildman–Crippen MR) is 247 cm³/mol. The van der Waals surface area contributed by atoms with Gasteiger partial charge in [-0.3, -0.25) is 9.97 Å². The molecule has 67 heavy (non-hydrogen) atoms. The number of pyridine rings is 3. The second kappa shape index (κ2) is 20.4. The highest BCUT2D eigenvalue weighted by Gasteiger charge is 2.56. The number of urea groups is 2. The van der Waals surface area contributed by atoms with Crippen molar-refractivity contribution in [1.82, 2.24) is 34.6 Å². The van der Waals surface area contributed by atoms with E-state index in [9.17, 15) is 39.6 Å². The summed E-state index contributed by atoms with van der Waals surface area (Å²) < 4.78 is 95.0. The molecule has 1 aliphatic heterocycles. The molecule has 4 amide bonds. The maximum Gasteiger partial charge on any atom is 0.433 e. The second-order valence-corrected chi connectivity index (χ2v) is 21.0. The lowest BCUT2D eigenvalue weighted by molar-refractivity contribution is -0.141. The lowest BCUT2D eigenvalue weighted by Crippen LogP contribution is -2.60. The first-order valence-electron chi connectivity index (χ1n) is 21.7. The number of nitrogens with one attached hydrogen (secondary N) is 5. The van der Waals surface area contributed by atoms with Crippen LogP contribution in [0.25, 0.3) is 0 Å². The first-order valence-corrected chi connectivity index (χ1v) is 24.6. The van der Waals surface area contributed by atoms with Crippen molar-refractivity contribution in [1.29, 1.82) is 0 Å². The molecular weight excluding hydrogens is 910 g/mol. The van der Waals surface area contributed by atoms with Crippen molar-refractivity contribution in [2.24, 2.45) is 23.2 Å². The van der Waals surface area contributed by atoms with E-state index in [0.717, 1.165) is 23.6 Å². The standard InChI is InChI=1S/C23H23F3N6O3S.C23H30N4O3S/c24-23(25,26)20-4-1-5-21(30-20)31-11-13-32(14-12-31)36(34,35)19-8-6-18(7-9-19)29-22(33)28-16-17-3-2-10-27-15-17;1-15-20-11-17(23(20,2)3)12-21(15)27-31(29,30)19-8-6-18(7-9-19)26-22(28)25-14-16-5-4-10-24-13-16/h1-10,15H,11-14,16H2,(H2,28,29,33);4-10,13,15,17,20-21,27H,11-12,14H2,1-3H3,(H2,25,26,28)/t;15-,17+,20-,21-/m.1/s1. The number of piperazine rings is 1. The zero-order chi connectivity index (χ0) is 48.0. The van der Waals surface area contributed by atoms with Gasteiger partial charge in [0.05, 0.1) is 9.79 Å². The summed E-state index contributed by atoms with van der Waals surface area (Å²) in [6.07, 6.45) is 4.16. The molecule has 21 heteroatoms. The number of benzene rings is 2. The molecule has 5 aromatic rings. The number of alkyl halides is 3. The highest BCUT2D eigenvalue weighted by molar-refractivity contribution is 7.89. The molecule has 16 nitrogen and oxygen atoms in total. The average Bonchev–Trinajstić information content (AvgIpc) is 3.31. The minimum absolute atomic E-state index is 0.0298. The lowest BCUT2D eigenvalue weighted by atomic mass is 9.45. The van der Waals surface area contributed by atoms with E-state index >= 15 is 0 Å². The first-order chi connectivity index (χ1) is 31.8. The Kier molecular flexibility index (Phi) is 14.8. The van der Waals surface area contributed by atoms with Gasteiger partial charge in [0.2, 0.25) is 20.0 Å². The quantitative estimate of drug-likeness (QED) is 0.0859. The fourth-order valence-electron chi connectivity index (χ4n) is 8.79. The number of carbonyl (C=O) groups excluding carboxylic acids is 2. The number of hydrogen-bond donors (Lipinski definition) is 5. The van der Waals surface area contributed by atoms with Crippen molar-refractivity contribution in [3.8, 4) is 0 Å². The maximum atomic E-state index is 13.0. The summed E-state index contributed by atoms with van der Waals surface area (Å²) in [5.74, 6) is 1.62. The van der Waals surface area contributed by atoms with E-state index in [0.29, 0.717) is 41.1 Å². The predicted octanol–water partition coefficient (Wildman–Crippen LogP) is 7.08. The van der Waals surface area contributed by atoms with Crippen LogP contribution in [-0.4, -0.2) is 80.4 Å². The fourth-order valence-corrected chi connectivity index (χ4v) is 11.5. The number of hydrogen-bond acceptors (Lipinski definition) is 10. The number of halogens is 3. The third-order valence-electron chi connectivity index (χ3n) is 12.8. The van der Waals surface area contributed by atoms with Gasteiger partial charge in [0.1, 0.15) is 11.5 Å². The summed E-state index contributed by atoms with van der Waals surface area (Å²) in [5.41, 5.74) is 1.98. The number of rotatable bonds is 12. The number of carbonyl (C=O) groups is 2. The summed E-state index contributed by atoms with van der Waals surface area (Å²) in [6, 6.07) is 22.1. The maximum absolute atomic E-state index is 13.0. The van der Waals surface area contributed by atoms with Gasteiger partial charge in [0, 0.05) is 81.5 Å². The van der Waals surface area contributed by atoms with Crippen LogP contribution in [0, 0.1) is 23.2 Å². The minimum atomic E-state index is -4.55. The number of aromatic nitrogens is 3. The normalized spacial score (nSPS) is 20.3. The lowest BCUT2D eigenvalue weighted by Gasteiger charge is -2.62. The molecule has 3 saturated carbocycles. The Morgan fingerprint density at radius 2 is 1.25 bits per heavy atom. The van der Waals surface area contributed by atoms with Gasteiger partial charge in [-0.25, -0.2) is 36.1 Å². The Morgan fingerprint density at radius 3 is 1.73 bits per heavy atom. The largest absolute Gasteiger partial charge is 0.433 e. The highest BCUT2D eigenvalue weighted by Crippen LogP contribution is 2.61. The Morgan fingerprint density at radius 1 is 0.716 bits per heavy atom. The summed E-state index contributed by atoms with van der Waals surface area (Å²) in [6.45, 7) is 7.98. The zero-order valence-corrected chi connectivity index (χ0v) is 38.7. The van der Waals surface area contributed by atoms with Crippen LogP contribution in [0.2, 0.25) is 0 Å². The molecule has 4 atom stereocenters. The van der Waals surface area contributed by atoms with Crippen LogP contribution in [0.3, 0.4) is 0 Å². The third kappa shape index (κ3) is 12.1. The van der Waals surface area contributed by atoms with Crippen molar-refractivity contribution in [3.05, 3.63) is 133 Å². The summed E-state index contributed by atoms with van der Waals surface area (Å²) in [4.78, 5) is 37.7. The van der Waals surface area contributed by atoms with Gasteiger partial charge in [-0.05, 0) is 120 Å².